The molecule has 1 aromatic heterocycles. The van der Waals surface area contributed by atoms with Gasteiger partial charge in [0.1, 0.15) is 12.7 Å². The van der Waals surface area contributed by atoms with Crippen LogP contribution in [-0.4, -0.2) is 29.9 Å². The lowest BCUT2D eigenvalue weighted by Gasteiger charge is -2.29. The molecule has 0 bridgehead atoms. The molecule has 6 nitrogen and oxygen atoms in total. The maximum absolute atomic E-state index is 13.0. The number of amides is 1. The van der Waals surface area contributed by atoms with E-state index in [4.69, 9.17) is 21.1 Å². The first-order valence-electron chi connectivity index (χ1n) is 11.0. The molecule has 1 amide bonds. The average Bonchev–Trinajstić information content (AvgIpc) is 2.77. The van der Waals surface area contributed by atoms with Crippen LogP contribution in [-0.2, 0) is 6.54 Å². The second kappa shape index (κ2) is 11.1. The summed E-state index contributed by atoms with van der Waals surface area (Å²) in [4.78, 5) is 29.0. The van der Waals surface area contributed by atoms with Crippen molar-refractivity contribution in [2.24, 2.45) is 0 Å². The number of fused-ring (bicyclic) bond motifs is 1. The molecule has 2 aromatic rings. The quantitative estimate of drug-likeness (QED) is 0.372. The van der Waals surface area contributed by atoms with Crippen molar-refractivity contribution in [3.63, 3.8) is 0 Å². The van der Waals surface area contributed by atoms with Crippen LogP contribution in [0.25, 0.3) is 0 Å². The lowest BCUT2D eigenvalue weighted by atomic mass is 10.0. The highest BCUT2D eigenvalue weighted by atomic mass is 35.5. The van der Waals surface area contributed by atoms with E-state index < -0.39 is 0 Å². The number of aromatic nitrogens is 1. The Bertz CT molecular complexity index is 1040. The maximum Gasteiger partial charge on any atom is 0.254 e. The Hall–Kier alpha value is -2.12. The number of carbonyl (C=O) groups excluding carboxylic acids is 1. The van der Waals surface area contributed by atoms with Gasteiger partial charge in [0.05, 0.1) is 5.02 Å². The van der Waals surface area contributed by atoms with Crippen LogP contribution in [0.4, 0.5) is 0 Å². The van der Waals surface area contributed by atoms with Gasteiger partial charge >= 0.3 is 0 Å². The molecule has 32 heavy (non-hydrogen) atoms. The number of ether oxygens (including phenoxy) is 2. The number of unbranched alkanes of at least 4 members (excludes halogenated alkanes) is 3. The van der Waals surface area contributed by atoms with Gasteiger partial charge in [-0.25, -0.2) is 0 Å². The summed E-state index contributed by atoms with van der Waals surface area (Å²) < 4.78 is 12.1. The summed E-state index contributed by atoms with van der Waals surface area (Å²) >= 11 is 7.90. The zero-order chi connectivity index (χ0) is 23.3. The van der Waals surface area contributed by atoms with Crippen molar-refractivity contribution in [1.29, 1.82) is 0 Å². The van der Waals surface area contributed by atoms with Crippen molar-refractivity contribution in [2.75, 3.05) is 12.9 Å². The van der Waals surface area contributed by atoms with Crippen LogP contribution in [0.1, 0.15) is 66.2 Å². The summed E-state index contributed by atoms with van der Waals surface area (Å²) in [5.74, 6) is 0.713. The predicted octanol–water partition coefficient (Wildman–Crippen LogP) is 5.41. The van der Waals surface area contributed by atoms with E-state index in [9.17, 15) is 9.59 Å². The van der Waals surface area contributed by atoms with Crippen LogP contribution in [0, 0.1) is 13.8 Å². The standard InChI is InChI=1S/C24H31ClN2O4S/c1-5-6-7-8-9-16-13-30-22-19(25)11-17(15(3)21(22)31-16)23(28)26-12-18-20(32-4)10-14(2)27-24(18)29/h10-11,16H,5-9,12-13H2,1-4H3,(H,26,28)(H,27,29). The normalized spacial score (nSPS) is 15.0. The molecule has 8 heteroatoms. The number of halogens is 1. The summed E-state index contributed by atoms with van der Waals surface area (Å²) in [6.45, 7) is 6.43. The molecule has 1 unspecified atom stereocenters. The topological polar surface area (TPSA) is 80.4 Å². The summed E-state index contributed by atoms with van der Waals surface area (Å²) in [6.07, 6.45) is 7.40. The minimum atomic E-state index is -0.312. The number of nitrogens with one attached hydrogen (secondary N) is 2. The third-order valence-electron chi connectivity index (χ3n) is 5.64. The number of pyridine rings is 1. The van der Waals surface area contributed by atoms with E-state index in [1.54, 1.807) is 6.07 Å². The lowest BCUT2D eigenvalue weighted by molar-refractivity contribution is 0.0812. The molecule has 0 spiro atoms. The van der Waals surface area contributed by atoms with E-state index in [1.165, 1.54) is 31.0 Å². The summed E-state index contributed by atoms with van der Waals surface area (Å²) in [7, 11) is 0. The Morgan fingerprint density at radius 1 is 1.25 bits per heavy atom. The second-order valence-electron chi connectivity index (χ2n) is 8.10. The highest BCUT2D eigenvalue weighted by Crippen LogP contribution is 2.43. The first kappa shape index (κ1) is 24.5. The molecule has 0 saturated carbocycles. The first-order chi connectivity index (χ1) is 15.3. The number of hydrogen-bond donors (Lipinski definition) is 2. The van der Waals surface area contributed by atoms with Crippen LogP contribution in [0.15, 0.2) is 21.8 Å². The zero-order valence-electron chi connectivity index (χ0n) is 19.1. The van der Waals surface area contributed by atoms with Gasteiger partial charge in [0.2, 0.25) is 0 Å². The Kier molecular flexibility index (Phi) is 8.54. The first-order valence-corrected chi connectivity index (χ1v) is 12.6. The molecule has 1 atom stereocenters. The van der Waals surface area contributed by atoms with E-state index in [0.717, 1.165) is 23.4 Å². The third kappa shape index (κ3) is 5.62. The van der Waals surface area contributed by atoms with Crippen molar-refractivity contribution in [3.8, 4) is 11.5 Å². The second-order valence-corrected chi connectivity index (χ2v) is 9.36. The molecule has 0 fully saturated rings. The van der Waals surface area contributed by atoms with Crippen LogP contribution in [0.2, 0.25) is 5.02 Å². The van der Waals surface area contributed by atoms with E-state index in [-0.39, 0.29) is 24.1 Å². The Morgan fingerprint density at radius 2 is 2.03 bits per heavy atom. The minimum Gasteiger partial charge on any atom is -0.484 e. The van der Waals surface area contributed by atoms with Gasteiger partial charge in [-0.3, -0.25) is 9.59 Å². The molecule has 1 aromatic carbocycles. The van der Waals surface area contributed by atoms with Gasteiger partial charge in [-0.1, -0.05) is 37.8 Å². The van der Waals surface area contributed by atoms with Crippen molar-refractivity contribution >= 4 is 29.3 Å². The highest BCUT2D eigenvalue weighted by Gasteiger charge is 2.28. The molecule has 0 radical (unpaired) electrons. The Labute approximate surface area is 198 Å². The number of H-pyrrole nitrogens is 1. The SMILES string of the molecule is CCCCCCC1COc2c(Cl)cc(C(=O)NCc3c(SC)cc(C)[nH]c3=O)c(C)c2O1. The average molecular weight is 479 g/mol. The fourth-order valence-corrected chi connectivity index (χ4v) is 4.79. The van der Waals surface area contributed by atoms with E-state index in [0.29, 0.717) is 39.8 Å². The molecule has 3 rings (SSSR count). The summed E-state index contributed by atoms with van der Waals surface area (Å²) in [5, 5.41) is 3.20. The van der Waals surface area contributed by atoms with Crippen molar-refractivity contribution in [3.05, 3.63) is 49.9 Å². The number of benzene rings is 1. The molecule has 1 aliphatic rings. The van der Waals surface area contributed by atoms with Crippen molar-refractivity contribution in [2.45, 2.75) is 70.4 Å². The predicted molar refractivity (Wildman–Crippen MR) is 130 cm³/mol. The maximum atomic E-state index is 13.0. The molecule has 0 aliphatic carbocycles. The van der Waals surface area contributed by atoms with Gasteiger partial charge in [-0.15, -0.1) is 11.8 Å². The van der Waals surface area contributed by atoms with Crippen LogP contribution >= 0.6 is 23.4 Å². The molecular formula is C24H31ClN2O4S. The van der Waals surface area contributed by atoms with Crippen LogP contribution in [0.5, 0.6) is 11.5 Å². The largest absolute Gasteiger partial charge is 0.484 e. The molecule has 2 N–H and O–H groups in total. The molecule has 2 heterocycles. The van der Waals surface area contributed by atoms with E-state index in [2.05, 4.69) is 17.2 Å². The van der Waals surface area contributed by atoms with Crippen LogP contribution in [0.3, 0.4) is 0 Å². The number of thioether (sulfide) groups is 1. The van der Waals surface area contributed by atoms with Gasteiger partial charge < -0.3 is 19.8 Å². The van der Waals surface area contributed by atoms with Crippen LogP contribution < -0.4 is 20.3 Å². The third-order valence-corrected chi connectivity index (χ3v) is 6.72. The summed E-state index contributed by atoms with van der Waals surface area (Å²) in [6, 6.07) is 3.51. The van der Waals surface area contributed by atoms with Crippen molar-refractivity contribution in [1.82, 2.24) is 10.3 Å². The Balaban J connectivity index is 1.76. The number of aromatic amines is 1. The zero-order valence-corrected chi connectivity index (χ0v) is 20.7. The smallest absolute Gasteiger partial charge is 0.254 e. The van der Waals surface area contributed by atoms with Crippen molar-refractivity contribution < 1.29 is 14.3 Å². The molecule has 0 saturated heterocycles. The number of carbonyl (C=O) groups is 1. The summed E-state index contributed by atoms with van der Waals surface area (Å²) in [5.41, 5.74) is 2.22. The van der Waals surface area contributed by atoms with Gasteiger partial charge in [-0.2, -0.15) is 0 Å². The number of rotatable bonds is 9. The lowest BCUT2D eigenvalue weighted by Crippen LogP contribution is -2.31. The minimum absolute atomic E-state index is 0.0531. The molecular weight excluding hydrogens is 448 g/mol. The molecule has 174 valence electrons. The van der Waals surface area contributed by atoms with Gasteiger partial charge in [-0.05, 0) is 45.1 Å². The monoisotopic (exact) mass is 478 g/mol. The number of aryl methyl sites for hydroxylation is 1. The Morgan fingerprint density at radius 3 is 2.75 bits per heavy atom. The number of hydrogen-bond acceptors (Lipinski definition) is 5. The molecule has 1 aliphatic heterocycles. The fourth-order valence-electron chi connectivity index (χ4n) is 3.83. The van der Waals surface area contributed by atoms with Gasteiger partial charge in [0.15, 0.2) is 11.5 Å². The van der Waals surface area contributed by atoms with Gasteiger partial charge in [0, 0.05) is 33.8 Å². The highest BCUT2D eigenvalue weighted by molar-refractivity contribution is 7.98. The van der Waals surface area contributed by atoms with Gasteiger partial charge in [0.25, 0.3) is 11.5 Å². The fraction of sp³-hybridized carbons (Fsp3) is 0.500. The van der Waals surface area contributed by atoms with E-state index in [1.807, 2.05) is 26.2 Å². The van der Waals surface area contributed by atoms with E-state index >= 15 is 0 Å².